The highest BCUT2D eigenvalue weighted by Crippen LogP contribution is 2.32. The van der Waals surface area contributed by atoms with Crippen molar-refractivity contribution in [1.82, 2.24) is 0 Å². The Hall–Kier alpha value is -1.09. The maximum atomic E-state index is 13.9. The second-order valence-corrected chi connectivity index (χ2v) is 5.87. The summed E-state index contributed by atoms with van der Waals surface area (Å²) < 4.78 is 19.7. The van der Waals surface area contributed by atoms with Crippen molar-refractivity contribution in [2.75, 3.05) is 0 Å². The zero-order chi connectivity index (χ0) is 14.0. The van der Waals surface area contributed by atoms with Crippen LogP contribution in [0.3, 0.4) is 0 Å². The topological polar surface area (TPSA) is 29.5 Å². The number of halogens is 1. The SMILES string of the molecule is CC1CCC(Oc2ccc([C@@H](C)O)cc2F)CC1C. The summed E-state index contributed by atoms with van der Waals surface area (Å²) in [5.74, 6) is 1.27. The molecule has 3 heteroatoms. The van der Waals surface area contributed by atoms with E-state index in [1.54, 1.807) is 19.1 Å². The zero-order valence-electron chi connectivity index (χ0n) is 11.9. The Balaban J connectivity index is 2.03. The number of rotatable bonds is 3. The standard InChI is InChI=1S/C16H23FO2/c1-10-4-6-14(8-11(10)2)19-16-7-5-13(12(3)18)9-15(16)17/h5,7,9-12,14,18H,4,6,8H2,1-3H3/t10?,11?,12-,14?/m1/s1. The number of aliphatic hydroxyl groups excluding tert-OH is 1. The Labute approximate surface area is 114 Å². The van der Waals surface area contributed by atoms with Crippen LogP contribution in [0.25, 0.3) is 0 Å². The molecule has 4 atom stereocenters. The fourth-order valence-electron chi connectivity index (χ4n) is 2.66. The first-order valence-electron chi connectivity index (χ1n) is 7.11. The Morgan fingerprint density at radius 1 is 1.26 bits per heavy atom. The normalized spacial score (nSPS) is 29.0. The number of ether oxygens (including phenoxy) is 1. The minimum absolute atomic E-state index is 0.109. The van der Waals surface area contributed by atoms with Crippen LogP contribution < -0.4 is 4.74 Å². The third-order valence-corrected chi connectivity index (χ3v) is 4.28. The molecule has 106 valence electrons. The Morgan fingerprint density at radius 2 is 2.00 bits per heavy atom. The molecular weight excluding hydrogens is 243 g/mol. The van der Waals surface area contributed by atoms with E-state index >= 15 is 0 Å². The summed E-state index contributed by atoms with van der Waals surface area (Å²) in [6, 6.07) is 4.70. The van der Waals surface area contributed by atoms with E-state index in [0.29, 0.717) is 17.2 Å². The van der Waals surface area contributed by atoms with Crippen LogP contribution in [0.4, 0.5) is 4.39 Å². The second-order valence-electron chi connectivity index (χ2n) is 5.87. The summed E-state index contributed by atoms with van der Waals surface area (Å²) in [5.41, 5.74) is 0.579. The van der Waals surface area contributed by atoms with Gasteiger partial charge in [0.2, 0.25) is 0 Å². The van der Waals surface area contributed by atoms with Crippen molar-refractivity contribution in [3.05, 3.63) is 29.6 Å². The van der Waals surface area contributed by atoms with Crippen molar-refractivity contribution < 1.29 is 14.2 Å². The molecule has 0 radical (unpaired) electrons. The highest BCUT2D eigenvalue weighted by molar-refractivity contribution is 5.30. The van der Waals surface area contributed by atoms with E-state index in [0.717, 1.165) is 25.2 Å². The van der Waals surface area contributed by atoms with E-state index in [-0.39, 0.29) is 11.9 Å². The molecule has 0 saturated heterocycles. The van der Waals surface area contributed by atoms with Crippen molar-refractivity contribution in [3.63, 3.8) is 0 Å². The molecule has 2 rings (SSSR count). The Kier molecular flexibility index (Phi) is 4.46. The average Bonchev–Trinajstić information content (AvgIpc) is 2.36. The molecule has 1 aliphatic rings. The quantitative estimate of drug-likeness (QED) is 0.893. The van der Waals surface area contributed by atoms with Crippen LogP contribution >= 0.6 is 0 Å². The molecule has 1 aromatic rings. The van der Waals surface area contributed by atoms with Crippen molar-refractivity contribution in [2.45, 2.75) is 52.2 Å². The first-order valence-corrected chi connectivity index (χ1v) is 7.11. The van der Waals surface area contributed by atoms with Gasteiger partial charge < -0.3 is 9.84 Å². The summed E-state index contributed by atoms with van der Waals surface area (Å²) in [4.78, 5) is 0. The van der Waals surface area contributed by atoms with Gasteiger partial charge in [0.1, 0.15) is 0 Å². The highest BCUT2D eigenvalue weighted by atomic mass is 19.1. The lowest BCUT2D eigenvalue weighted by atomic mass is 9.80. The first-order chi connectivity index (χ1) is 8.97. The summed E-state index contributed by atoms with van der Waals surface area (Å²) in [6.07, 6.45) is 2.57. The van der Waals surface area contributed by atoms with Crippen molar-refractivity contribution in [1.29, 1.82) is 0 Å². The van der Waals surface area contributed by atoms with Crippen LogP contribution in [0.15, 0.2) is 18.2 Å². The largest absolute Gasteiger partial charge is 0.487 e. The van der Waals surface area contributed by atoms with Crippen LogP contribution in [0.2, 0.25) is 0 Å². The molecule has 0 bridgehead atoms. The van der Waals surface area contributed by atoms with Gasteiger partial charge in [0.05, 0.1) is 12.2 Å². The third kappa shape index (κ3) is 3.47. The van der Waals surface area contributed by atoms with Gasteiger partial charge in [-0.25, -0.2) is 4.39 Å². The lowest BCUT2D eigenvalue weighted by molar-refractivity contribution is 0.0966. The van der Waals surface area contributed by atoms with Crippen molar-refractivity contribution >= 4 is 0 Å². The summed E-state index contributed by atoms with van der Waals surface area (Å²) >= 11 is 0. The second kappa shape index (κ2) is 5.91. The van der Waals surface area contributed by atoms with Gasteiger partial charge in [-0.3, -0.25) is 0 Å². The molecule has 0 heterocycles. The maximum Gasteiger partial charge on any atom is 0.165 e. The fraction of sp³-hybridized carbons (Fsp3) is 0.625. The molecule has 1 fully saturated rings. The minimum atomic E-state index is -0.654. The van der Waals surface area contributed by atoms with E-state index in [4.69, 9.17) is 4.74 Å². The molecule has 1 N–H and O–H groups in total. The van der Waals surface area contributed by atoms with Crippen molar-refractivity contribution in [3.8, 4) is 5.75 Å². The molecule has 0 spiro atoms. The molecule has 1 aliphatic carbocycles. The minimum Gasteiger partial charge on any atom is -0.487 e. The van der Waals surface area contributed by atoms with Crippen molar-refractivity contribution in [2.24, 2.45) is 11.8 Å². The molecule has 1 aromatic carbocycles. The van der Waals surface area contributed by atoms with E-state index in [2.05, 4.69) is 13.8 Å². The van der Waals surface area contributed by atoms with E-state index in [9.17, 15) is 9.50 Å². The highest BCUT2D eigenvalue weighted by Gasteiger charge is 2.26. The van der Waals surface area contributed by atoms with E-state index in [1.165, 1.54) is 6.07 Å². The van der Waals surface area contributed by atoms with Gasteiger partial charge in [-0.15, -0.1) is 0 Å². The van der Waals surface area contributed by atoms with E-state index < -0.39 is 6.10 Å². The molecule has 0 aromatic heterocycles. The van der Waals surface area contributed by atoms with Gasteiger partial charge in [0.15, 0.2) is 11.6 Å². The van der Waals surface area contributed by atoms with Gasteiger partial charge >= 0.3 is 0 Å². The van der Waals surface area contributed by atoms with Gasteiger partial charge in [0.25, 0.3) is 0 Å². The first kappa shape index (κ1) is 14.3. The van der Waals surface area contributed by atoms with Gasteiger partial charge in [0, 0.05) is 0 Å². The fourth-order valence-corrected chi connectivity index (χ4v) is 2.66. The average molecular weight is 266 g/mol. The summed E-state index contributed by atoms with van der Waals surface area (Å²) in [5, 5.41) is 9.42. The van der Waals surface area contributed by atoms with Crippen LogP contribution in [-0.2, 0) is 0 Å². The molecule has 2 nitrogen and oxygen atoms in total. The molecule has 19 heavy (non-hydrogen) atoms. The number of hydrogen-bond acceptors (Lipinski definition) is 2. The molecular formula is C16H23FO2. The Morgan fingerprint density at radius 3 is 2.58 bits per heavy atom. The van der Waals surface area contributed by atoms with Gasteiger partial charge in [-0.1, -0.05) is 19.9 Å². The molecule has 1 saturated carbocycles. The van der Waals surface area contributed by atoms with E-state index in [1.807, 2.05) is 0 Å². The molecule has 3 unspecified atom stereocenters. The maximum absolute atomic E-state index is 13.9. The number of aliphatic hydroxyl groups is 1. The summed E-state index contributed by atoms with van der Waals surface area (Å²) in [6.45, 7) is 6.12. The van der Waals surface area contributed by atoms with Gasteiger partial charge in [-0.2, -0.15) is 0 Å². The van der Waals surface area contributed by atoms with Gasteiger partial charge in [-0.05, 0) is 55.7 Å². The summed E-state index contributed by atoms with van der Waals surface area (Å²) in [7, 11) is 0. The molecule has 0 amide bonds. The monoisotopic (exact) mass is 266 g/mol. The smallest absolute Gasteiger partial charge is 0.165 e. The Bertz CT molecular complexity index is 431. The van der Waals surface area contributed by atoms with Crippen LogP contribution in [-0.4, -0.2) is 11.2 Å². The predicted molar refractivity (Wildman–Crippen MR) is 73.6 cm³/mol. The third-order valence-electron chi connectivity index (χ3n) is 4.28. The molecule has 0 aliphatic heterocycles. The number of benzene rings is 1. The predicted octanol–water partition coefficient (Wildman–Crippen LogP) is 4.08. The van der Waals surface area contributed by atoms with Crippen LogP contribution in [0.5, 0.6) is 5.75 Å². The van der Waals surface area contributed by atoms with Crippen LogP contribution in [0.1, 0.15) is 51.7 Å². The number of hydrogen-bond donors (Lipinski definition) is 1. The van der Waals surface area contributed by atoms with Crippen LogP contribution in [0, 0.1) is 17.7 Å². The lowest BCUT2D eigenvalue weighted by Gasteiger charge is -2.32. The lowest BCUT2D eigenvalue weighted by Crippen LogP contribution is -2.29. The zero-order valence-corrected chi connectivity index (χ0v) is 11.9.